The van der Waals surface area contributed by atoms with Gasteiger partial charge in [-0.15, -0.1) is 11.3 Å². The zero-order valence-corrected chi connectivity index (χ0v) is 18.0. The van der Waals surface area contributed by atoms with E-state index in [-0.39, 0.29) is 18.6 Å². The first kappa shape index (κ1) is 21.3. The van der Waals surface area contributed by atoms with Gasteiger partial charge in [0, 0.05) is 38.2 Å². The van der Waals surface area contributed by atoms with Gasteiger partial charge in [-0.2, -0.15) is 0 Å². The Morgan fingerprint density at radius 3 is 2.90 bits per heavy atom. The van der Waals surface area contributed by atoms with E-state index < -0.39 is 0 Å². The first-order chi connectivity index (χ1) is 14.2. The van der Waals surface area contributed by atoms with Crippen molar-refractivity contribution < 1.29 is 9.53 Å². The second-order valence-corrected chi connectivity index (χ2v) is 8.06. The van der Waals surface area contributed by atoms with Gasteiger partial charge in [0.1, 0.15) is 0 Å². The summed E-state index contributed by atoms with van der Waals surface area (Å²) in [6, 6.07) is 12.3. The lowest BCUT2D eigenvalue weighted by Crippen LogP contribution is -2.46. The Kier molecular flexibility index (Phi) is 8.07. The number of carbonyl (C=O) groups is 1. The Hall–Kier alpha value is -2.38. The predicted octanol–water partition coefficient (Wildman–Crippen LogP) is 2.97. The van der Waals surface area contributed by atoms with Crippen molar-refractivity contribution in [3.05, 3.63) is 57.8 Å². The highest BCUT2D eigenvalue weighted by Crippen LogP contribution is 2.23. The van der Waals surface area contributed by atoms with Gasteiger partial charge in [-0.25, -0.2) is 0 Å². The van der Waals surface area contributed by atoms with E-state index in [0.29, 0.717) is 19.1 Å². The van der Waals surface area contributed by atoms with Gasteiger partial charge in [0.15, 0.2) is 5.96 Å². The second-order valence-electron chi connectivity index (χ2n) is 7.06. The third-order valence-electron chi connectivity index (χ3n) is 5.04. The molecule has 1 atom stereocenters. The molecule has 1 amide bonds. The number of ether oxygens (including phenoxy) is 1. The Bertz CT molecular complexity index is 806. The van der Waals surface area contributed by atoms with Crippen LogP contribution in [0.5, 0.6) is 0 Å². The number of benzene rings is 1. The molecule has 0 spiro atoms. The minimum absolute atomic E-state index is 0.0829. The molecule has 1 aromatic carbocycles. The van der Waals surface area contributed by atoms with Crippen LogP contribution in [0.3, 0.4) is 0 Å². The van der Waals surface area contributed by atoms with Gasteiger partial charge in [0.2, 0.25) is 5.91 Å². The Morgan fingerprint density at radius 2 is 2.10 bits per heavy atom. The fourth-order valence-corrected chi connectivity index (χ4v) is 4.20. The first-order valence-electron chi connectivity index (χ1n) is 10.1. The summed E-state index contributed by atoms with van der Waals surface area (Å²) in [6.07, 6.45) is 1.89. The van der Waals surface area contributed by atoms with E-state index in [4.69, 9.17) is 4.74 Å². The Labute approximate surface area is 177 Å². The number of guanidine groups is 1. The van der Waals surface area contributed by atoms with E-state index in [0.717, 1.165) is 25.9 Å². The summed E-state index contributed by atoms with van der Waals surface area (Å²) in [5.74, 6) is 0.743. The average Bonchev–Trinajstić information content (AvgIpc) is 3.23. The first-order valence-corrected chi connectivity index (χ1v) is 11.0. The number of aliphatic imine (C=N–C) groups is 1. The van der Waals surface area contributed by atoms with Gasteiger partial charge >= 0.3 is 0 Å². The highest BCUT2D eigenvalue weighted by molar-refractivity contribution is 7.10. The fraction of sp³-hybridized carbons (Fsp3) is 0.455. The summed E-state index contributed by atoms with van der Waals surface area (Å²) in [5.41, 5.74) is 2.46. The summed E-state index contributed by atoms with van der Waals surface area (Å²) in [5, 5.41) is 8.47. The monoisotopic (exact) mass is 414 g/mol. The Balaban J connectivity index is 1.31. The summed E-state index contributed by atoms with van der Waals surface area (Å²) in [4.78, 5) is 20.0. The standard InChI is InChI=1S/C22H30N4O2S/c1-17(18-7-4-3-5-8-18)28-13-6-11-24-22(23-2)25-15-21(27)26-12-9-20-19(16-26)10-14-29-20/h3-5,7-8,10,14,17H,6,9,11-13,15-16H2,1-2H3,(H2,23,24,25). The molecule has 2 heterocycles. The molecule has 156 valence electrons. The smallest absolute Gasteiger partial charge is 0.242 e. The van der Waals surface area contributed by atoms with E-state index in [1.54, 1.807) is 18.4 Å². The van der Waals surface area contributed by atoms with Crippen LogP contribution in [0, 0.1) is 0 Å². The van der Waals surface area contributed by atoms with Crippen molar-refractivity contribution in [2.24, 2.45) is 4.99 Å². The number of carbonyl (C=O) groups excluding carboxylic acids is 1. The van der Waals surface area contributed by atoms with Gasteiger partial charge in [0.25, 0.3) is 0 Å². The molecule has 1 aliphatic rings. The van der Waals surface area contributed by atoms with Gasteiger partial charge in [-0.05, 0) is 42.3 Å². The molecule has 0 saturated heterocycles. The number of amides is 1. The van der Waals surface area contributed by atoms with Crippen molar-refractivity contribution in [2.45, 2.75) is 32.4 Å². The maximum absolute atomic E-state index is 12.5. The van der Waals surface area contributed by atoms with Gasteiger partial charge in [-0.1, -0.05) is 30.3 Å². The topological polar surface area (TPSA) is 66.0 Å². The maximum atomic E-state index is 12.5. The number of fused-ring (bicyclic) bond motifs is 1. The molecule has 2 N–H and O–H groups in total. The van der Waals surface area contributed by atoms with Crippen LogP contribution in [0.4, 0.5) is 0 Å². The second kappa shape index (κ2) is 11.0. The number of rotatable bonds is 8. The van der Waals surface area contributed by atoms with Crippen LogP contribution in [0.2, 0.25) is 0 Å². The third-order valence-corrected chi connectivity index (χ3v) is 6.06. The molecule has 0 radical (unpaired) electrons. The third kappa shape index (κ3) is 6.30. The summed E-state index contributed by atoms with van der Waals surface area (Å²) < 4.78 is 5.88. The number of nitrogens with one attached hydrogen (secondary N) is 2. The number of thiophene rings is 1. The molecular formula is C22H30N4O2S. The highest BCUT2D eigenvalue weighted by Gasteiger charge is 2.21. The molecule has 29 heavy (non-hydrogen) atoms. The van der Waals surface area contributed by atoms with Crippen LogP contribution < -0.4 is 10.6 Å². The molecule has 2 aromatic rings. The molecule has 0 aliphatic carbocycles. The lowest BCUT2D eigenvalue weighted by Gasteiger charge is -2.27. The molecule has 0 fully saturated rings. The molecule has 1 aliphatic heterocycles. The van der Waals surface area contributed by atoms with Crippen molar-refractivity contribution in [3.8, 4) is 0 Å². The van der Waals surface area contributed by atoms with Crippen molar-refractivity contribution in [2.75, 3.05) is 33.3 Å². The van der Waals surface area contributed by atoms with E-state index in [9.17, 15) is 4.79 Å². The quantitative estimate of drug-likeness (QED) is 0.396. The SMILES string of the molecule is CN=C(NCCCOC(C)c1ccccc1)NCC(=O)N1CCc2sccc2C1. The van der Waals surface area contributed by atoms with Crippen LogP contribution >= 0.6 is 11.3 Å². The molecule has 3 rings (SSSR count). The molecule has 1 aromatic heterocycles. The normalized spacial score (nSPS) is 15.0. The van der Waals surface area contributed by atoms with Gasteiger partial charge in [-0.3, -0.25) is 9.79 Å². The van der Waals surface area contributed by atoms with Gasteiger partial charge < -0.3 is 20.3 Å². The average molecular weight is 415 g/mol. The van der Waals surface area contributed by atoms with Crippen LogP contribution in [-0.4, -0.2) is 50.1 Å². The summed E-state index contributed by atoms with van der Waals surface area (Å²) in [7, 11) is 1.71. The van der Waals surface area contributed by atoms with E-state index >= 15 is 0 Å². The largest absolute Gasteiger partial charge is 0.374 e. The van der Waals surface area contributed by atoms with Crippen LogP contribution in [0.25, 0.3) is 0 Å². The number of hydrogen-bond acceptors (Lipinski definition) is 4. The number of nitrogens with zero attached hydrogens (tertiary/aromatic N) is 2. The van der Waals surface area contributed by atoms with Crippen molar-refractivity contribution >= 4 is 23.2 Å². The molecule has 0 saturated carbocycles. The zero-order valence-electron chi connectivity index (χ0n) is 17.2. The fourth-order valence-electron chi connectivity index (χ4n) is 3.31. The minimum atomic E-state index is 0.0829. The van der Waals surface area contributed by atoms with Crippen LogP contribution in [-0.2, 0) is 22.5 Å². The summed E-state index contributed by atoms with van der Waals surface area (Å²) in [6.45, 7) is 5.21. The molecule has 1 unspecified atom stereocenters. The van der Waals surface area contributed by atoms with E-state index in [2.05, 4.69) is 46.1 Å². The molecule has 6 nitrogen and oxygen atoms in total. The lowest BCUT2D eigenvalue weighted by atomic mass is 10.1. The van der Waals surface area contributed by atoms with Crippen molar-refractivity contribution in [1.82, 2.24) is 15.5 Å². The summed E-state index contributed by atoms with van der Waals surface area (Å²) >= 11 is 1.78. The molecule has 7 heteroatoms. The van der Waals surface area contributed by atoms with Crippen LogP contribution in [0.1, 0.15) is 35.5 Å². The molecule has 0 bridgehead atoms. The highest BCUT2D eigenvalue weighted by atomic mass is 32.1. The van der Waals surface area contributed by atoms with Gasteiger partial charge in [0.05, 0.1) is 12.6 Å². The van der Waals surface area contributed by atoms with E-state index in [1.165, 1.54) is 16.0 Å². The Morgan fingerprint density at radius 1 is 1.28 bits per heavy atom. The maximum Gasteiger partial charge on any atom is 0.242 e. The van der Waals surface area contributed by atoms with Crippen LogP contribution in [0.15, 0.2) is 46.8 Å². The van der Waals surface area contributed by atoms with E-state index in [1.807, 2.05) is 23.1 Å². The lowest BCUT2D eigenvalue weighted by molar-refractivity contribution is -0.130. The minimum Gasteiger partial charge on any atom is -0.374 e. The molecular weight excluding hydrogens is 384 g/mol. The zero-order chi connectivity index (χ0) is 20.5. The van der Waals surface area contributed by atoms with Crippen molar-refractivity contribution in [3.63, 3.8) is 0 Å². The predicted molar refractivity (Wildman–Crippen MR) is 118 cm³/mol. The number of hydrogen-bond donors (Lipinski definition) is 2. The van der Waals surface area contributed by atoms with Crippen molar-refractivity contribution in [1.29, 1.82) is 0 Å².